The smallest absolute Gasteiger partial charge is 0.287 e. The van der Waals surface area contributed by atoms with E-state index in [2.05, 4.69) is 25.6 Å². The second-order valence-corrected chi connectivity index (χ2v) is 9.93. The van der Waals surface area contributed by atoms with Crippen molar-refractivity contribution in [2.45, 2.75) is 25.0 Å². The number of carbonyl (C=O) groups is 3. The number of rotatable bonds is 9. The van der Waals surface area contributed by atoms with Crippen LogP contribution in [0.25, 0.3) is 11.0 Å². The summed E-state index contributed by atoms with van der Waals surface area (Å²) in [6, 6.07) is 10.8. The normalized spacial score (nSPS) is 15.6. The molecule has 4 heterocycles. The summed E-state index contributed by atoms with van der Waals surface area (Å²) in [6.45, 7) is 0.533. The second-order valence-electron chi connectivity index (χ2n) is 9.11. The molecule has 206 valence electrons. The number of fused-ring (bicyclic) bond motifs is 1. The zero-order valence-corrected chi connectivity index (χ0v) is 22.6. The van der Waals surface area contributed by atoms with Gasteiger partial charge in [-0.15, -0.1) is 0 Å². The molecular weight excluding hydrogens is 559 g/mol. The van der Waals surface area contributed by atoms with Gasteiger partial charge in [-0.25, -0.2) is 0 Å². The molecule has 2 atom stereocenters. The average Bonchev–Trinajstić information content (AvgIpc) is 3.59. The molecule has 2 N–H and O–H groups in total. The highest BCUT2D eigenvalue weighted by molar-refractivity contribution is 6.31. The Kier molecular flexibility index (Phi) is 8.42. The Morgan fingerprint density at radius 2 is 2.02 bits per heavy atom. The molecule has 0 radical (unpaired) electrons. The molecule has 11 nitrogen and oxygen atoms in total. The predicted molar refractivity (Wildman–Crippen MR) is 146 cm³/mol. The van der Waals surface area contributed by atoms with E-state index >= 15 is 0 Å². The topological polar surface area (TPSA) is 140 Å². The molecule has 1 aliphatic rings. The number of nitrogens with one attached hydrogen (secondary N) is 2. The van der Waals surface area contributed by atoms with Crippen LogP contribution in [0.2, 0.25) is 10.2 Å². The van der Waals surface area contributed by atoms with Gasteiger partial charge in [0.15, 0.2) is 10.9 Å². The van der Waals surface area contributed by atoms with Crippen LogP contribution in [-0.4, -0.2) is 69.4 Å². The number of furan rings is 1. The summed E-state index contributed by atoms with van der Waals surface area (Å²) in [5, 5.41) is 6.72. The zero-order valence-electron chi connectivity index (χ0n) is 21.0. The number of ether oxygens (including phenoxy) is 1. The van der Waals surface area contributed by atoms with Crippen molar-refractivity contribution in [2.75, 3.05) is 19.6 Å². The van der Waals surface area contributed by atoms with Crippen LogP contribution in [0.1, 0.15) is 22.7 Å². The van der Waals surface area contributed by atoms with Crippen molar-refractivity contribution in [3.63, 3.8) is 0 Å². The fraction of sp³-hybridized carbons (Fsp3) is 0.259. The standard InChI is InChI=1S/C27H24Cl2N6O5/c28-17-4-5-21-16(9-17)10-22(40-21)27(38)33-20(11-18-3-1-2-7-31-18)26(37)32-14-25(36)35-8-6-19(15-35)39-24-13-30-12-23(29)34-24/h1-5,7,9-10,12-13,19-20H,6,8,11,14-15H2,(H,32,37)(H,33,38)/t19-,20+/m1/s1. The first-order valence-electron chi connectivity index (χ1n) is 12.4. The molecular formula is C27H24Cl2N6O5. The number of likely N-dealkylation sites (tertiary alicyclic amines) is 1. The molecule has 13 heteroatoms. The van der Waals surface area contributed by atoms with E-state index in [1.54, 1.807) is 53.6 Å². The highest BCUT2D eigenvalue weighted by Gasteiger charge is 2.29. The van der Waals surface area contributed by atoms with Gasteiger partial charge in [0.05, 0.1) is 25.5 Å². The van der Waals surface area contributed by atoms with Crippen LogP contribution in [0.15, 0.2) is 65.5 Å². The number of nitrogens with zero attached hydrogens (tertiary/aromatic N) is 4. The van der Waals surface area contributed by atoms with Crippen LogP contribution in [-0.2, 0) is 16.0 Å². The van der Waals surface area contributed by atoms with Gasteiger partial charge in [0.1, 0.15) is 17.7 Å². The third kappa shape index (κ3) is 6.85. The van der Waals surface area contributed by atoms with Crippen LogP contribution in [0, 0.1) is 0 Å². The lowest BCUT2D eigenvalue weighted by Gasteiger charge is -2.20. The molecule has 4 aromatic rings. The van der Waals surface area contributed by atoms with Crippen molar-refractivity contribution in [2.24, 2.45) is 0 Å². The quantitative estimate of drug-likeness (QED) is 0.307. The van der Waals surface area contributed by atoms with E-state index in [9.17, 15) is 14.4 Å². The maximum Gasteiger partial charge on any atom is 0.287 e. The molecule has 3 amide bonds. The minimum atomic E-state index is -1.01. The van der Waals surface area contributed by atoms with Gasteiger partial charge < -0.3 is 24.7 Å². The van der Waals surface area contributed by atoms with Gasteiger partial charge in [-0.1, -0.05) is 29.3 Å². The van der Waals surface area contributed by atoms with Crippen molar-refractivity contribution in [3.05, 3.63) is 82.7 Å². The molecule has 1 saturated heterocycles. The molecule has 0 aliphatic carbocycles. The number of halogens is 2. The first kappa shape index (κ1) is 27.4. The summed E-state index contributed by atoms with van der Waals surface area (Å²) in [4.78, 5) is 52.8. The van der Waals surface area contributed by atoms with E-state index < -0.39 is 17.9 Å². The highest BCUT2D eigenvalue weighted by Crippen LogP contribution is 2.23. The number of hydrogen-bond donors (Lipinski definition) is 2. The Balaban J connectivity index is 1.20. The number of aromatic nitrogens is 3. The number of carbonyl (C=O) groups excluding carboxylic acids is 3. The average molecular weight is 583 g/mol. The third-order valence-corrected chi connectivity index (χ3v) is 6.66. The monoisotopic (exact) mass is 582 g/mol. The largest absolute Gasteiger partial charge is 0.471 e. The Morgan fingerprint density at radius 1 is 1.15 bits per heavy atom. The summed E-state index contributed by atoms with van der Waals surface area (Å²) >= 11 is 11.9. The third-order valence-electron chi connectivity index (χ3n) is 6.25. The van der Waals surface area contributed by atoms with Crippen molar-refractivity contribution < 1.29 is 23.5 Å². The van der Waals surface area contributed by atoms with Gasteiger partial charge in [-0.3, -0.25) is 24.4 Å². The molecule has 3 aromatic heterocycles. The second kappa shape index (κ2) is 12.3. The van der Waals surface area contributed by atoms with Crippen LogP contribution in [0.4, 0.5) is 0 Å². The van der Waals surface area contributed by atoms with Gasteiger partial charge in [0.25, 0.3) is 5.91 Å². The van der Waals surface area contributed by atoms with Crippen LogP contribution >= 0.6 is 23.2 Å². The van der Waals surface area contributed by atoms with E-state index in [-0.39, 0.29) is 41.8 Å². The number of pyridine rings is 1. The molecule has 1 aliphatic heterocycles. The molecule has 5 rings (SSSR count). The van der Waals surface area contributed by atoms with E-state index in [1.807, 2.05) is 0 Å². The summed E-state index contributed by atoms with van der Waals surface area (Å²) in [6.07, 6.45) is 4.88. The summed E-state index contributed by atoms with van der Waals surface area (Å²) in [7, 11) is 0. The Morgan fingerprint density at radius 3 is 2.83 bits per heavy atom. The van der Waals surface area contributed by atoms with Gasteiger partial charge in [0, 0.05) is 41.7 Å². The molecule has 0 spiro atoms. The molecule has 1 fully saturated rings. The van der Waals surface area contributed by atoms with Gasteiger partial charge in [-0.05, 0) is 36.4 Å². The van der Waals surface area contributed by atoms with E-state index in [4.69, 9.17) is 32.4 Å². The van der Waals surface area contributed by atoms with Crippen LogP contribution in [0.3, 0.4) is 0 Å². The van der Waals surface area contributed by atoms with Crippen molar-refractivity contribution in [1.29, 1.82) is 0 Å². The number of benzene rings is 1. The first-order valence-corrected chi connectivity index (χ1v) is 13.2. The van der Waals surface area contributed by atoms with Crippen LogP contribution < -0.4 is 15.4 Å². The first-order chi connectivity index (χ1) is 19.3. The Labute approximate surface area is 238 Å². The highest BCUT2D eigenvalue weighted by atomic mass is 35.5. The van der Waals surface area contributed by atoms with Gasteiger partial charge in [0.2, 0.25) is 17.7 Å². The Bertz CT molecular complexity index is 1530. The van der Waals surface area contributed by atoms with Crippen molar-refractivity contribution in [1.82, 2.24) is 30.5 Å². The van der Waals surface area contributed by atoms with E-state index in [1.165, 1.54) is 12.4 Å². The van der Waals surface area contributed by atoms with Crippen molar-refractivity contribution in [3.8, 4) is 5.88 Å². The lowest BCUT2D eigenvalue weighted by Crippen LogP contribution is -2.50. The zero-order chi connectivity index (χ0) is 28.1. The molecule has 0 bridgehead atoms. The van der Waals surface area contributed by atoms with E-state index in [0.29, 0.717) is 41.2 Å². The number of hydrogen-bond acceptors (Lipinski definition) is 8. The van der Waals surface area contributed by atoms with Gasteiger partial charge in [-0.2, -0.15) is 4.98 Å². The SMILES string of the molecule is O=C(N[C@@H](Cc1ccccn1)C(=O)NCC(=O)N1CC[C@@H](Oc2cncc(Cl)n2)C1)c1cc2cc(Cl)ccc2o1. The van der Waals surface area contributed by atoms with Gasteiger partial charge >= 0.3 is 0 Å². The molecule has 1 aromatic carbocycles. The fourth-order valence-electron chi connectivity index (χ4n) is 4.29. The minimum absolute atomic E-state index is 0.0275. The predicted octanol–water partition coefficient (Wildman–Crippen LogP) is 3.06. The summed E-state index contributed by atoms with van der Waals surface area (Å²) < 4.78 is 11.4. The maximum atomic E-state index is 13.2. The minimum Gasteiger partial charge on any atom is -0.471 e. The molecule has 40 heavy (non-hydrogen) atoms. The van der Waals surface area contributed by atoms with Crippen LogP contribution in [0.5, 0.6) is 5.88 Å². The summed E-state index contributed by atoms with van der Waals surface area (Å²) in [5.41, 5.74) is 1.08. The Hall–Kier alpha value is -4.22. The fourth-order valence-corrected chi connectivity index (χ4v) is 4.61. The number of amides is 3. The maximum absolute atomic E-state index is 13.2. The van der Waals surface area contributed by atoms with Crippen molar-refractivity contribution >= 4 is 51.9 Å². The molecule has 0 unspecified atom stereocenters. The van der Waals surface area contributed by atoms with E-state index in [0.717, 1.165) is 0 Å². The summed E-state index contributed by atoms with van der Waals surface area (Å²) in [5.74, 6) is -1.10. The lowest BCUT2D eigenvalue weighted by atomic mass is 10.1. The lowest BCUT2D eigenvalue weighted by molar-refractivity contribution is -0.132. The molecule has 0 saturated carbocycles.